The molecule has 0 fully saturated rings. The first-order chi connectivity index (χ1) is 9.26. The summed E-state index contributed by atoms with van der Waals surface area (Å²) in [7, 11) is 3.40. The average molecular weight is 270 g/mol. The smallest absolute Gasteiger partial charge is 0.122 e. The lowest BCUT2D eigenvalue weighted by Gasteiger charge is -2.29. The summed E-state index contributed by atoms with van der Waals surface area (Å²) in [5.41, 5.74) is 5.92. The van der Waals surface area contributed by atoms with Gasteiger partial charge in [0.15, 0.2) is 0 Å². The highest BCUT2D eigenvalue weighted by atomic mass is 16.5. The molecule has 0 amide bonds. The van der Waals surface area contributed by atoms with Crippen LogP contribution >= 0.6 is 0 Å². The van der Waals surface area contributed by atoms with Gasteiger partial charge in [-0.15, -0.1) is 0 Å². The quantitative estimate of drug-likeness (QED) is 0.697. The molecule has 1 aromatic rings. The maximum absolute atomic E-state index is 5.92. The number of ether oxygens (including phenoxy) is 2. The van der Waals surface area contributed by atoms with Gasteiger partial charge in [0.1, 0.15) is 11.5 Å². The second kappa shape index (κ2) is 9.09. The van der Waals surface area contributed by atoms with Crippen LogP contribution < -0.4 is 5.73 Å². The van der Waals surface area contributed by atoms with E-state index >= 15 is 0 Å². The van der Waals surface area contributed by atoms with E-state index < -0.39 is 0 Å². The van der Waals surface area contributed by atoms with Crippen molar-refractivity contribution in [2.75, 3.05) is 47.1 Å². The second-order valence-electron chi connectivity index (χ2n) is 4.43. The Morgan fingerprint density at radius 3 is 2.26 bits per heavy atom. The second-order valence-corrected chi connectivity index (χ2v) is 4.43. The molecule has 0 saturated carbocycles. The van der Waals surface area contributed by atoms with Crippen LogP contribution in [-0.2, 0) is 15.9 Å². The van der Waals surface area contributed by atoms with E-state index in [1.165, 1.54) is 0 Å². The van der Waals surface area contributed by atoms with Gasteiger partial charge in [-0.3, -0.25) is 4.90 Å². The Hall–Kier alpha value is -0.880. The van der Waals surface area contributed by atoms with Gasteiger partial charge in [-0.05, 0) is 12.1 Å². The molecule has 0 saturated heterocycles. The summed E-state index contributed by atoms with van der Waals surface area (Å²) in [4.78, 5) is 2.24. The molecule has 110 valence electrons. The number of nitrogens with two attached hydrogens (primary N) is 1. The third-order valence-corrected chi connectivity index (χ3v) is 3.19. The zero-order chi connectivity index (χ0) is 14.1. The van der Waals surface area contributed by atoms with Crippen LogP contribution in [0.2, 0.25) is 0 Å². The van der Waals surface area contributed by atoms with E-state index in [4.69, 9.17) is 19.6 Å². The van der Waals surface area contributed by atoms with Crippen molar-refractivity contribution in [3.05, 3.63) is 23.7 Å². The summed E-state index contributed by atoms with van der Waals surface area (Å²) in [6, 6.07) is 4.11. The molecule has 0 bridgehead atoms. The van der Waals surface area contributed by atoms with Gasteiger partial charge in [-0.2, -0.15) is 0 Å². The van der Waals surface area contributed by atoms with Crippen molar-refractivity contribution in [2.45, 2.75) is 19.4 Å². The van der Waals surface area contributed by atoms with Crippen molar-refractivity contribution in [3.63, 3.8) is 0 Å². The van der Waals surface area contributed by atoms with Gasteiger partial charge >= 0.3 is 0 Å². The van der Waals surface area contributed by atoms with Crippen molar-refractivity contribution in [1.29, 1.82) is 0 Å². The Morgan fingerprint density at radius 2 is 1.84 bits per heavy atom. The minimum Gasteiger partial charge on any atom is -0.464 e. The lowest BCUT2D eigenvalue weighted by atomic mass is 10.2. The number of rotatable bonds is 10. The molecule has 19 heavy (non-hydrogen) atoms. The van der Waals surface area contributed by atoms with Crippen LogP contribution in [0.15, 0.2) is 16.5 Å². The summed E-state index contributed by atoms with van der Waals surface area (Å²) in [5.74, 6) is 1.92. The number of methoxy groups -OCH3 is 2. The van der Waals surface area contributed by atoms with Crippen molar-refractivity contribution in [1.82, 2.24) is 4.90 Å². The van der Waals surface area contributed by atoms with Crippen LogP contribution in [0.3, 0.4) is 0 Å². The van der Waals surface area contributed by atoms with Gasteiger partial charge in [0.2, 0.25) is 0 Å². The Morgan fingerprint density at radius 1 is 1.21 bits per heavy atom. The van der Waals surface area contributed by atoms with Crippen LogP contribution in [0.25, 0.3) is 0 Å². The predicted octanol–water partition coefficient (Wildman–Crippen LogP) is 1.44. The van der Waals surface area contributed by atoms with E-state index in [1.807, 2.05) is 12.1 Å². The molecule has 0 aliphatic rings. The normalized spacial score (nSPS) is 13.1. The first-order valence-electron chi connectivity index (χ1n) is 6.77. The fourth-order valence-corrected chi connectivity index (χ4v) is 2.05. The van der Waals surface area contributed by atoms with Crippen LogP contribution in [0, 0.1) is 0 Å². The third kappa shape index (κ3) is 4.95. The zero-order valence-corrected chi connectivity index (χ0v) is 12.2. The molecule has 5 nitrogen and oxygen atoms in total. The molecule has 1 atom stereocenters. The summed E-state index contributed by atoms with van der Waals surface area (Å²) in [6.07, 6.45) is 0.896. The van der Waals surface area contributed by atoms with Crippen molar-refractivity contribution in [2.24, 2.45) is 5.73 Å². The van der Waals surface area contributed by atoms with Crippen molar-refractivity contribution >= 4 is 0 Å². The lowest BCUT2D eigenvalue weighted by molar-refractivity contribution is 0.0819. The molecule has 1 aromatic heterocycles. The van der Waals surface area contributed by atoms with Crippen LogP contribution in [0.1, 0.15) is 24.5 Å². The summed E-state index contributed by atoms with van der Waals surface area (Å²) >= 11 is 0. The number of nitrogens with zero attached hydrogens (tertiary/aromatic N) is 1. The molecule has 5 heteroatoms. The van der Waals surface area contributed by atoms with E-state index in [-0.39, 0.29) is 6.04 Å². The maximum atomic E-state index is 5.92. The van der Waals surface area contributed by atoms with Gasteiger partial charge < -0.3 is 19.6 Å². The molecule has 0 aliphatic heterocycles. The largest absolute Gasteiger partial charge is 0.464 e. The zero-order valence-electron chi connectivity index (χ0n) is 12.2. The molecule has 0 aliphatic carbocycles. The Kier molecular flexibility index (Phi) is 7.74. The molecule has 0 spiro atoms. The summed E-state index contributed by atoms with van der Waals surface area (Å²) < 4.78 is 16.1. The van der Waals surface area contributed by atoms with E-state index in [2.05, 4.69) is 11.8 Å². The Labute approximate surface area is 115 Å². The van der Waals surface area contributed by atoms with Gasteiger partial charge in [0.05, 0.1) is 19.3 Å². The molecule has 1 heterocycles. The topological polar surface area (TPSA) is 60.9 Å². The molecule has 2 N–H and O–H groups in total. The molecule has 1 rings (SSSR count). The Balaban J connectivity index is 2.75. The van der Waals surface area contributed by atoms with E-state index in [0.717, 1.165) is 31.0 Å². The third-order valence-electron chi connectivity index (χ3n) is 3.19. The fourth-order valence-electron chi connectivity index (χ4n) is 2.05. The number of hydrogen-bond donors (Lipinski definition) is 1. The number of furan rings is 1. The van der Waals surface area contributed by atoms with Gasteiger partial charge in [-0.25, -0.2) is 0 Å². The predicted molar refractivity (Wildman–Crippen MR) is 75.2 cm³/mol. The van der Waals surface area contributed by atoms with Gasteiger partial charge in [0, 0.05) is 40.3 Å². The molecule has 1 unspecified atom stereocenters. The number of aryl methyl sites for hydroxylation is 1. The lowest BCUT2D eigenvalue weighted by Crippen LogP contribution is -2.38. The summed E-state index contributed by atoms with van der Waals surface area (Å²) in [5, 5.41) is 0. The standard InChI is InChI=1S/C14H26N2O3/c1-4-12-5-6-14(19-12)13(11-15)16(7-9-17-2)8-10-18-3/h5-6,13H,4,7-11,15H2,1-3H3. The van der Waals surface area contributed by atoms with Gasteiger partial charge in [0.25, 0.3) is 0 Å². The minimum atomic E-state index is 0.0746. The van der Waals surface area contributed by atoms with Crippen molar-refractivity contribution in [3.8, 4) is 0 Å². The van der Waals surface area contributed by atoms with Crippen molar-refractivity contribution < 1.29 is 13.9 Å². The van der Waals surface area contributed by atoms with E-state index in [0.29, 0.717) is 19.8 Å². The SMILES string of the molecule is CCc1ccc(C(CN)N(CCOC)CCOC)o1. The first kappa shape index (κ1) is 16.2. The highest BCUT2D eigenvalue weighted by Gasteiger charge is 2.21. The highest BCUT2D eigenvalue weighted by molar-refractivity contribution is 5.11. The highest BCUT2D eigenvalue weighted by Crippen LogP contribution is 2.22. The van der Waals surface area contributed by atoms with Gasteiger partial charge in [-0.1, -0.05) is 6.92 Å². The summed E-state index contributed by atoms with van der Waals surface area (Å²) in [6.45, 7) is 5.55. The van der Waals surface area contributed by atoms with Crippen LogP contribution in [0.4, 0.5) is 0 Å². The minimum absolute atomic E-state index is 0.0746. The fraction of sp³-hybridized carbons (Fsp3) is 0.714. The molecular formula is C14H26N2O3. The van der Waals surface area contributed by atoms with Crippen LogP contribution in [-0.4, -0.2) is 52.0 Å². The molecule has 0 aromatic carbocycles. The van der Waals surface area contributed by atoms with E-state index in [9.17, 15) is 0 Å². The maximum Gasteiger partial charge on any atom is 0.122 e. The number of hydrogen-bond acceptors (Lipinski definition) is 5. The van der Waals surface area contributed by atoms with Crippen LogP contribution in [0.5, 0.6) is 0 Å². The monoisotopic (exact) mass is 270 g/mol. The first-order valence-corrected chi connectivity index (χ1v) is 6.77. The average Bonchev–Trinajstić information content (AvgIpc) is 2.90. The molecule has 0 radical (unpaired) electrons. The van der Waals surface area contributed by atoms with E-state index in [1.54, 1.807) is 14.2 Å². The molecular weight excluding hydrogens is 244 g/mol. The Bertz CT molecular complexity index is 333.